The van der Waals surface area contributed by atoms with Gasteiger partial charge in [-0.2, -0.15) is 0 Å². The third-order valence-corrected chi connectivity index (χ3v) is 3.34. The molecule has 0 aliphatic carbocycles. The summed E-state index contributed by atoms with van der Waals surface area (Å²) in [5.74, 6) is 0.0183. The number of rotatable bonds is 2. The van der Waals surface area contributed by atoms with E-state index in [-0.39, 0.29) is 17.9 Å². The van der Waals surface area contributed by atoms with Gasteiger partial charge in [0, 0.05) is 18.0 Å². The Balaban J connectivity index is 2.30. The first-order valence-electron chi connectivity index (χ1n) is 5.98. The second-order valence-electron chi connectivity index (χ2n) is 4.37. The van der Waals surface area contributed by atoms with Crippen molar-refractivity contribution in [2.75, 3.05) is 11.4 Å². The maximum Gasteiger partial charge on any atom is 0.328 e. The molecule has 1 saturated heterocycles. The maximum absolute atomic E-state index is 12.1. The molecule has 0 radical (unpaired) electrons. The number of nitrogens with one attached hydrogen (secondary N) is 1. The van der Waals surface area contributed by atoms with Crippen molar-refractivity contribution in [3.8, 4) is 0 Å². The largest absolute Gasteiger partial charge is 0.337 e. The summed E-state index contributed by atoms with van der Waals surface area (Å²) in [4.78, 5) is 25.2. The van der Waals surface area contributed by atoms with E-state index < -0.39 is 0 Å². The molecule has 1 aliphatic heterocycles. The lowest BCUT2D eigenvalue weighted by Gasteiger charge is -2.18. The molecule has 2 rings (SSSR count). The molecule has 96 valence electrons. The van der Waals surface area contributed by atoms with Gasteiger partial charge in [0.05, 0.1) is 5.69 Å². The van der Waals surface area contributed by atoms with Crippen LogP contribution in [0, 0.1) is 5.92 Å². The molecule has 1 aliphatic rings. The standard InChI is InChI=1S/C13H15ClN2O2/c1-2-9-6-12(17)16(13(18)15-8-9)11-5-3-4-10(14)7-11/h3-5,7,9H,2,6,8H2,1H3,(H,15,18). The zero-order valence-corrected chi connectivity index (χ0v) is 10.9. The number of carbonyl (C=O) groups excluding carboxylic acids is 2. The molecule has 1 N–H and O–H groups in total. The van der Waals surface area contributed by atoms with E-state index in [2.05, 4.69) is 5.32 Å². The summed E-state index contributed by atoms with van der Waals surface area (Å²) in [6.45, 7) is 2.55. The Labute approximate surface area is 111 Å². The molecule has 18 heavy (non-hydrogen) atoms. The average Bonchev–Trinajstić information content (AvgIpc) is 2.48. The molecule has 4 nitrogen and oxygen atoms in total. The van der Waals surface area contributed by atoms with Crippen LogP contribution in [0.25, 0.3) is 0 Å². The highest BCUT2D eigenvalue weighted by molar-refractivity contribution is 6.31. The van der Waals surface area contributed by atoms with Gasteiger partial charge in [-0.25, -0.2) is 9.69 Å². The van der Waals surface area contributed by atoms with Crippen molar-refractivity contribution in [1.29, 1.82) is 0 Å². The number of amides is 3. The van der Waals surface area contributed by atoms with Crippen molar-refractivity contribution in [1.82, 2.24) is 5.32 Å². The van der Waals surface area contributed by atoms with Crippen LogP contribution in [0.15, 0.2) is 24.3 Å². The Morgan fingerprint density at radius 3 is 2.89 bits per heavy atom. The van der Waals surface area contributed by atoms with Crippen molar-refractivity contribution in [3.05, 3.63) is 29.3 Å². The molecule has 1 aromatic carbocycles. The van der Waals surface area contributed by atoms with Crippen molar-refractivity contribution in [3.63, 3.8) is 0 Å². The van der Waals surface area contributed by atoms with Gasteiger partial charge in [0.2, 0.25) is 5.91 Å². The highest BCUT2D eigenvalue weighted by Gasteiger charge is 2.29. The van der Waals surface area contributed by atoms with Crippen molar-refractivity contribution < 1.29 is 9.59 Å². The van der Waals surface area contributed by atoms with Gasteiger partial charge in [-0.05, 0) is 24.1 Å². The molecule has 0 bridgehead atoms. The number of halogens is 1. The first-order valence-corrected chi connectivity index (χ1v) is 6.36. The summed E-state index contributed by atoms with van der Waals surface area (Å²) in [5, 5.41) is 3.27. The lowest BCUT2D eigenvalue weighted by Crippen LogP contribution is -2.41. The quantitative estimate of drug-likeness (QED) is 0.895. The molecule has 1 heterocycles. The Kier molecular flexibility index (Phi) is 3.87. The van der Waals surface area contributed by atoms with E-state index in [1.54, 1.807) is 24.3 Å². The maximum atomic E-state index is 12.1. The van der Waals surface area contributed by atoms with Crippen LogP contribution in [-0.2, 0) is 4.79 Å². The summed E-state index contributed by atoms with van der Waals surface area (Å²) in [6, 6.07) is 6.37. The molecule has 0 saturated carbocycles. The predicted molar refractivity (Wildman–Crippen MR) is 70.7 cm³/mol. The van der Waals surface area contributed by atoms with Gasteiger partial charge in [0.1, 0.15) is 0 Å². The molecular weight excluding hydrogens is 252 g/mol. The Bertz CT molecular complexity index is 476. The van der Waals surface area contributed by atoms with Crippen LogP contribution in [0.3, 0.4) is 0 Å². The van der Waals surface area contributed by atoms with E-state index in [1.165, 1.54) is 4.90 Å². The topological polar surface area (TPSA) is 49.4 Å². The highest BCUT2D eigenvalue weighted by atomic mass is 35.5. The number of urea groups is 1. The van der Waals surface area contributed by atoms with Crippen LogP contribution in [0.4, 0.5) is 10.5 Å². The zero-order valence-electron chi connectivity index (χ0n) is 10.1. The van der Waals surface area contributed by atoms with Gasteiger partial charge in [0.15, 0.2) is 0 Å². The van der Waals surface area contributed by atoms with Crippen molar-refractivity contribution in [2.45, 2.75) is 19.8 Å². The fourth-order valence-corrected chi connectivity index (χ4v) is 2.18. The summed E-state index contributed by atoms with van der Waals surface area (Å²) in [6.07, 6.45) is 1.25. The van der Waals surface area contributed by atoms with Crippen LogP contribution in [-0.4, -0.2) is 18.5 Å². The second-order valence-corrected chi connectivity index (χ2v) is 4.81. The number of carbonyl (C=O) groups is 2. The van der Waals surface area contributed by atoms with E-state index in [4.69, 9.17) is 11.6 Å². The third kappa shape index (κ3) is 2.64. The molecule has 5 heteroatoms. The lowest BCUT2D eigenvalue weighted by molar-refractivity contribution is -0.118. The Morgan fingerprint density at radius 2 is 2.22 bits per heavy atom. The van der Waals surface area contributed by atoms with Crippen LogP contribution < -0.4 is 10.2 Å². The van der Waals surface area contributed by atoms with E-state index in [9.17, 15) is 9.59 Å². The van der Waals surface area contributed by atoms with Gasteiger partial charge in [-0.3, -0.25) is 4.79 Å². The van der Waals surface area contributed by atoms with E-state index in [0.29, 0.717) is 23.7 Å². The van der Waals surface area contributed by atoms with Gasteiger partial charge in [-0.1, -0.05) is 31.0 Å². The normalized spacial score (nSPS) is 20.6. The predicted octanol–water partition coefficient (Wildman–Crippen LogP) is 2.81. The SMILES string of the molecule is CCC1CNC(=O)N(c2cccc(Cl)c2)C(=O)C1. The fraction of sp³-hybridized carbons (Fsp3) is 0.385. The molecule has 1 aromatic rings. The summed E-state index contributed by atoms with van der Waals surface area (Å²) in [5.41, 5.74) is 0.516. The minimum Gasteiger partial charge on any atom is -0.337 e. The molecule has 0 aromatic heterocycles. The van der Waals surface area contributed by atoms with Gasteiger partial charge >= 0.3 is 6.03 Å². The average molecular weight is 267 g/mol. The smallest absolute Gasteiger partial charge is 0.328 e. The molecular formula is C13H15ClN2O2. The minimum atomic E-state index is -0.377. The molecule has 1 unspecified atom stereocenters. The Morgan fingerprint density at radius 1 is 1.44 bits per heavy atom. The molecule has 0 spiro atoms. The van der Waals surface area contributed by atoms with E-state index in [0.717, 1.165) is 6.42 Å². The van der Waals surface area contributed by atoms with Gasteiger partial charge in [0.25, 0.3) is 0 Å². The lowest BCUT2D eigenvalue weighted by atomic mass is 10.0. The molecule has 1 fully saturated rings. The summed E-state index contributed by atoms with van der Waals surface area (Å²) in [7, 11) is 0. The van der Waals surface area contributed by atoms with Gasteiger partial charge in [-0.15, -0.1) is 0 Å². The van der Waals surface area contributed by atoms with Crippen LogP contribution in [0.1, 0.15) is 19.8 Å². The number of nitrogens with zero attached hydrogens (tertiary/aromatic N) is 1. The first kappa shape index (κ1) is 12.9. The van der Waals surface area contributed by atoms with E-state index >= 15 is 0 Å². The third-order valence-electron chi connectivity index (χ3n) is 3.10. The number of hydrogen-bond donors (Lipinski definition) is 1. The highest BCUT2D eigenvalue weighted by Crippen LogP contribution is 2.23. The van der Waals surface area contributed by atoms with Crippen LogP contribution >= 0.6 is 11.6 Å². The summed E-state index contributed by atoms with van der Waals surface area (Å²) >= 11 is 5.89. The number of benzene rings is 1. The Hall–Kier alpha value is -1.55. The van der Waals surface area contributed by atoms with Crippen molar-refractivity contribution >= 4 is 29.2 Å². The monoisotopic (exact) mass is 266 g/mol. The number of hydrogen-bond acceptors (Lipinski definition) is 2. The van der Waals surface area contributed by atoms with Crippen molar-refractivity contribution in [2.24, 2.45) is 5.92 Å². The zero-order chi connectivity index (χ0) is 13.1. The molecule has 3 amide bonds. The van der Waals surface area contributed by atoms with Crippen LogP contribution in [0.2, 0.25) is 5.02 Å². The molecule has 1 atom stereocenters. The number of anilines is 1. The summed E-state index contributed by atoms with van der Waals surface area (Å²) < 4.78 is 0. The van der Waals surface area contributed by atoms with Crippen LogP contribution in [0.5, 0.6) is 0 Å². The first-order chi connectivity index (χ1) is 8.61. The number of imide groups is 1. The fourth-order valence-electron chi connectivity index (χ4n) is 2.00. The van der Waals surface area contributed by atoms with Gasteiger partial charge < -0.3 is 5.32 Å². The minimum absolute atomic E-state index is 0.181. The van der Waals surface area contributed by atoms with E-state index in [1.807, 2.05) is 6.92 Å². The second kappa shape index (κ2) is 5.40.